The van der Waals surface area contributed by atoms with E-state index in [1.54, 1.807) is 20.5 Å². The number of nitrogens with one attached hydrogen (secondary N) is 1. The molecule has 4 rings (SSSR count). The van der Waals surface area contributed by atoms with Gasteiger partial charge >= 0.3 is 0 Å². The number of hydrogen-bond acceptors (Lipinski definition) is 7. The average Bonchev–Trinajstić information content (AvgIpc) is 3.19. The summed E-state index contributed by atoms with van der Waals surface area (Å²) < 4.78 is 12.5. The maximum atomic E-state index is 6.36. The highest BCUT2D eigenvalue weighted by molar-refractivity contribution is 5.80. The van der Waals surface area contributed by atoms with Gasteiger partial charge in [0.15, 0.2) is 23.1 Å². The van der Waals surface area contributed by atoms with Crippen molar-refractivity contribution >= 4 is 22.5 Å². The van der Waals surface area contributed by atoms with Gasteiger partial charge in [-0.1, -0.05) is 18.2 Å². The van der Waals surface area contributed by atoms with Crippen molar-refractivity contribution < 1.29 is 9.47 Å². The number of anilines is 2. The van der Waals surface area contributed by atoms with E-state index in [0.717, 1.165) is 23.0 Å². The van der Waals surface area contributed by atoms with Gasteiger partial charge in [-0.2, -0.15) is 0 Å². The van der Waals surface area contributed by atoms with Crippen molar-refractivity contribution in [2.24, 2.45) is 0 Å². The van der Waals surface area contributed by atoms with E-state index in [0.29, 0.717) is 35.4 Å². The van der Waals surface area contributed by atoms with Crippen LogP contribution < -0.4 is 20.5 Å². The molecule has 0 spiro atoms. The summed E-state index contributed by atoms with van der Waals surface area (Å²) in [4.78, 5) is 13.1. The molecule has 0 atom stereocenters. The first kappa shape index (κ1) is 18.5. The lowest BCUT2D eigenvalue weighted by atomic mass is 10.1. The average molecular weight is 390 g/mol. The molecule has 8 nitrogen and oxygen atoms in total. The predicted molar refractivity (Wildman–Crippen MR) is 113 cm³/mol. The fraction of sp³-hybridized carbons (Fsp3) is 0.190. The molecule has 148 valence electrons. The zero-order valence-corrected chi connectivity index (χ0v) is 16.3. The fourth-order valence-corrected chi connectivity index (χ4v) is 3.21. The molecule has 2 heterocycles. The highest BCUT2D eigenvalue weighted by Gasteiger charge is 2.12. The van der Waals surface area contributed by atoms with E-state index in [-0.39, 0.29) is 0 Å². The molecule has 0 fully saturated rings. The number of fused-ring (bicyclic) bond motifs is 1. The Hall–Kier alpha value is -3.81. The van der Waals surface area contributed by atoms with Crippen LogP contribution in [0.3, 0.4) is 0 Å². The van der Waals surface area contributed by atoms with Crippen molar-refractivity contribution in [2.75, 3.05) is 31.8 Å². The molecule has 0 aliphatic heterocycles. The molecule has 2 aromatic carbocycles. The number of methoxy groups -OCH3 is 2. The number of nitrogens with two attached hydrogens (primary N) is 1. The number of para-hydroxylation sites is 2. The van der Waals surface area contributed by atoms with Crippen LogP contribution in [0, 0.1) is 0 Å². The molecule has 4 aromatic rings. The Kier molecular flexibility index (Phi) is 5.15. The number of rotatable bonds is 7. The van der Waals surface area contributed by atoms with Gasteiger partial charge in [-0.3, -0.25) is 4.57 Å². The van der Waals surface area contributed by atoms with Crippen LogP contribution in [0.1, 0.15) is 5.56 Å². The molecule has 0 radical (unpaired) electrons. The number of nitrogen functional groups attached to an aromatic ring is 1. The van der Waals surface area contributed by atoms with Gasteiger partial charge in [0, 0.05) is 6.54 Å². The number of nitrogens with zero attached hydrogens (tertiary/aromatic N) is 4. The first-order valence-electron chi connectivity index (χ1n) is 9.19. The molecule has 0 aliphatic rings. The van der Waals surface area contributed by atoms with Gasteiger partial charge in [-0.15, -0.1) is 0 Å². The van der Waals surface area contributed by atoms with Crippen LogP contribution in [0.2, 0.25) is 0 Å². The van der Waals surface area contributed by atoms with Crippen LogP contribution in [-0.4, -0.2) is 40.3 Å². The van der Waals surface area contributed by atoms with Gasteiger partial charge < -0.3 is 20.5 Å². The van der Waals surface area contributed by atoms with Crippen molar-refractivity contribution in [2.45, 2.75) is 6.42 Å². The third-order valence-corrected chi connectivity index (χ3v) is 4.70. The van der Waals surface area contributed by atoms with Gasteiger partial charge in [0.1, 0.15) is 18.3 Å². The molecule has 29 heavy (non-hydrogen) atoms. The SMILES string of the molecule is COc1ccc(CCNc2ncnc(-n3cnc4ccccc43)c2N)cc1OC. The third kappa shape index (κ3) is 3.64. The standard InChI is InChI=1S/C21H22N6O2/c1-28-17-8-7-14(11-18(17)29-2)9-10-23-20-19(22)21(25-12-24-20)27-13-26-15-5-3-4-6-16(15)27/h3-8,11-13H,9-10,22H2,1-2H3,(H,23,24,25). The van der Waals surface area contributed by atoms with Crippen molar-refractivity contribution in [1.82, 2.24) is 19.5 Å². The molecule has 2 aromatic heterocycles. The molecule has 0 saturated heterocycles. The van der Waals surface area contributed by atoms with Crippen molar-refractivity contribution in [3.8, 4) is 17.3 Å². The second-order valence-corrected chi connectivity index (χ2v) is 6.43. The van der Waals surface area contributed by atoms with E-state index >= 15 is 0 Å². The maximum absolute atomic E-state index is 6.36. The first-order valence-corrected chi connectivity index (χ1v) is 9.19. The topological polar surface area (TPSA) is 100 Å². The van der Waals surface area contributed by atoms with E-state index in [9.17, 15) is 0 Å². The van der Waals surface area contributed by atoms with Crippen molar-refractivity contribution in [3.05, 3.63) is 60.7 Å². The van der Waals surface area contributed by atoms with E-state index in [1.807, 2.05) is 47.0 Å². The van der Waals surface area contributed by atoms with Gasteiger partial charge in [0.2, 0.25) is 0 Å². The quantitative estimate of drug-likeness (QED) is 0.500. The fourth-order valence-electron chi connectivity index (χ4n) is 3.21. The Labute approximate surface area is 168 Å². The predicted octanol–water partition coefficient (Wildman–Crippen LogP) is 3.07. The van der Waals surface area contributed by atoms with Crippen LogP contribution in [0.15, 0.2) is 55.1 Å². The minimum atomic E-state index is 0.475. The number of imidazole rings is 1. The van der Waals surface area contributed by atoms with Crippen LogP contribution in [0.25, 0.3) is 16.9 Å². The van der Waals surface area contributed by atoms with E-state index in [2.05, 4.69) is 20.3 Å². The third-order valence-electron chi connectivity index (χ3n) is 4.70. The summed E-state index contributed by atoms with van der Waals surface area (Å²) in [5.74, 6) is 2.61. The van der Waals surface area contributed by atoms with Crippen molar-refractivity contribution in [1.29, 1.82) is 0 Å². The van der Waals surface area contributed by atoms with Crippen LogP contribution in [0.4, 0.5) is 11.5 Å². The van der Waals surface area contributed by atoms with Gasteiger partial charge in [-0.05, 0) is 36.2 Å². The smallest absolute Gasteiger partial charge is 0.167 e. The Bertz CT molecular complexity index is 1140. The Morgan fingerprint density at radius 3 is 2.66 bits per heavy atom. The summed E-state index contributed by atoms with van der Waals surface area (Å²) in [6.45, 7) is 0.654. The zero-order valence-electron chi connectivity index (χ0n) is 16.3. The Morgan fingerprint density at radius 1 is 1.00 bits per heavy atom. The summed E-state index contributed by atoms with van der Waals surface area (Å²) in [5, 5.41) is 3.30. The monoisotopic (exact) mass is 390 g/mol. The molecule has 0 unspecified atom stereocenters. The largest absolute Gasteiger partial charge is 0.493 e. The molecular weight excluding hydrogens is 368 g/mol. The van der Waals surface area contributed by atoms with Gasteiger partial charge in [0.25, 0.3) is 0 Å². The summed E-state index contributed by atoms with van der Waals surface area (Å²) in [6, 6.07) is 13.7. The van der Waals surface area contributed by atoms with Crippen molar-refractivity contribution in [3.63, 3.8) is 0 Å². The molecule has 0 amide bonds. The van der Waals surface area contributed by atoms with E-state index in [1.165, 1.54) is 6.33 Å². The summed E-state index contributed by atoms with van der Waals surface area (Å²) >= 11 is 0. The molecule has 0 aliphatic carbocycles. The summed E-state index contributed by atoms with van der Waals surface area (Å²) in [5.41, 5.74) is 9.77. The van der Waals surface area contributed by atoms with E-state index < -0.39 is 0 Å². The summed E-state index contributed by atoms with van der Waals surface area (Å²) in [7, 11) is 3.25. The summed E-state index contributed by atoms with van der Waals surface area (Å²) in [6.07, 6.45) is 3.99. The number of ether oxygens (including phenoxy) is 2. The second kappa shape index (κ2) is 8.05. The van der Waals surface area contributed by atoms with Crippen LogP contribution in [-0.2, 0) is 6.42 Å². The lowest BCUT2D eigenvalue weighted by Gasteiger charge is -2.13. The maximum Gasteiger partial charge on any atom is 0.167 e. The van der Waals surface area contributed by atoms with E-state index in [4.69, 9.17) is 15.2 Å². The second-order valence-electron chi connectivity index (χ2n) is 6.43. The minimum Gasteiger partial charge on any atom is -0.493 e. The van der Waals surface area contributed by atoms with Crippen LogP contribution >= 0.6 is 0 Å². The Morgan fingerprint density at radius 2 is 1.83 bits per heavy atom. The Balaban J connectivity index is 1.51. The lowest BCUT2D eigenvalue weighted by Crippen LogP contribution is -2.11. The molecular formula is C21H22N6O2. The zero-order chi connectivity index (χ0) is 20.2. The highest BCUT2D eigenvalue weighted by atomic mass is 16.5. The number of benzene rings is 2. The lowest BCUT2D eigenvalue weighted by molar-refractivity contribution is 0.354. The molecule has 0 saturated carbocycles. The minimum absolute atomic E-state index is 0.475. The van der Waals surface area contributed by atoms with Gasteiger partial charge in [-0.25, -0.2) is 15.0 Å². The molecule has 0 bridgehead atoms. The van der Waals surface area contributed by atoms with Gasteiger partial charge in [0.05, 0.1) is 25.3 Å². The molecule has 3 N–H and O–H groups in total. The highest BCUT2D eigenvalue weighted by Crippen LogP contribution is 2.28. The molecule has 8 heteroatoms. The van der Waals surface area contributed by atoms with Crippen LogP contribution in [0.5, 0.6) is 11.5 Å². The number of hydrogen-bond donors (Lipinski definition) is 2. The normalized spacial score (nSPS) is 10.8. The number of aromatic nitrogens is 4. The first-order chi connectivity index (χ1) is 14.2.